The van der Waals surface area contributed by atoms with E-state index in [0.29, 0.717) is 27.9 Å². The van der Waals surface area contributed by atoms with E-state index in [2.05, 4.69) is 20.2 Å². The number of carbonyl (C=O) groups is 1. The Morgan fingerprint density at radius 2 is 2.14 bits per heavy atom. The molecule has 0 saturated heterocycles. The minimum Gasteiger partial charge on any atom is -0.497 e. The quantitative estimate of drug-likeness (QED) is 0.653. The number of amides is 1. The van der Waals surface area contributed by atoms with Crippen LogP contribution in [0.2, 0.25) is 5.02 Å². The van der Waals surface area contributed by atoms with Crippen molar-refractivity contribution >= 4 is 17.5 Å². The minimum atomic E-state index is -0.226. The van der Waals surface area contributed by atoms with Gasteiger partial charge in [-0.15, -0.1) is 0 Å². The van der Waals surface area contributed by atoms with Crippen LogP contribution < -0.4 is 9.47 Å². The Kier molecular flexibility index (Phi) is 6.10. The highest BCUT2D eigenvalue weighted by Gasteiger charge is 2.22. The third-order valence-electron chi connectivity index (χ3n) is 4.31. The maximum atomic E-state index is 12.7. The molecule has 8 nitrogen and oxygen atoms in total. The predicted octanol–water partition coefficient (Wildman–Crippen LogP) is 3.27. The zero-order valence-electron chi connectivity index (χ0n) is 15.7. The Morgan fingerprint density at radius 1 is 1.32 bits per heavy atom. The number of ether oxygens (including phenoxy) is 2. The monoisotopic (exact) mass is 401 g/mol. The van der Waals surface area contributed by atoms with Crippen LogP contribution in [0.15, 0.2) is 42.9 Å². The van der Waals surface area contributed by atoms with Gasteiger partial charge in [0.15, 0.2) is 5.69 Å². The number of aromatic amines is 1. The first-order chi connectivity index (χ1) is 13.5. The summed E-state index contributed by atoms with van der Waals surface area (Å²) < 4.78 is 10.8. The number of nitrogens with zero attached hydrogens (tertiary/aromatic N) is 4. The number of nitrogens with one attached hydrogen (secondary N) is 1. The van der Waals surface area contributed by atoms with Gasteiger partial charge in [0.2, 0.25) is 0 Å². The molecule has 0 fully saturated rings. The van der Waals surface area contributed by atoms with Crippen LogP contribution >= 0.6 is 11.6 Å². The highest BCUT2D eigenvalue weighted by atomic mass is 35.5. The molecule has 2 aromatic heterocycles. The molecular weight excluding hydrogens is 382 g/mol. The Bertz CT molecular complexity index is 948. The highest BCUT2D eigenvalue weighted by molar-refractivity contribution is 6.32. The van der Waals surface area contributed by atoms with Gasteiger partial charge in [0, 0.05) is 19.3 Å². The van der Waals surface area contributed by atoms with E-state index in [9.17, 15) is 4.79 Å². The molecule has 9 heteroatoms. The first-order valence-electron chi connectivity index (χ1n) is 8.53. The Hall–Kier alpha value is -3.13. The van der Waals surface area contributed by atoms with E-state index in [-0.39, 0.29) is 18.6 Å². The van der Waals surface area contributed by atoms with Crippen molar-refractivity contribution in [2.75, 3.05) is 14.2 Å². The van der Waals surface area contributed by atoms with Crippen molar-refractivity contribution < 1.29 is 14.3 Å². The highest BCUT2D eigenvalue weighted by Crippen LogP contribution is 2.29. The number of aromatic nitrogens is 4. The van der Waals surface area contributed by atoms with E-state index in [0.717, 1.165) is 5.69 Å². The lowest BCUT2D eigenvalue weighted by atomic mass is 10.2. The van der Waals surface area contributed by atoms with Gasteiger partial charge in [0.25, 0.3) is 5.91 Å². The van der Waals surface area contributed by atoms with Gasteiger partial charge in [0.05, 0.1) is 29.6 Å². The van der Waals surface area contributed by atoms with E-state index >= 15 is 0 Å². The van der Waals surface area contributed by atoms with Crippen LogP contribution in [0.25, 0.3) is 0 Å². The summed E-state index contributed by atoms with van der Waals surface area (Å²) in [5, 5.41) is 7.35. The smallest absolute Gasteiger partial charge is 0.274 e. The largest absolute Gasteiger partial charge is 0.497 e. The molecule has 2 heterocycles. The molecule has 0 aliphatic heterocycles. The van der Waals surface area contributed by atoms with Gasteiger partial charge >= 0.3 is 0 Å². The summed E-state index contributed by atoms with van der Waals surface area (Å²) >= 11 is 6.16. The molecule has 0 saturated carbocycles. The van der Waals surface area contributed by atoms with Gasteiger partial charge in [-0.3, -0.25) is 9.89 Å². The first kappa shape index (κ1) is 19.6. The van der Waals surface area contributed by atoms with E-state index in [4.69, 9.17) is 21.1 Å². The topological polar surface area (TPSA) is 93.2 Å². The van der Waals surface area contributed by atoms with Crippen molar-refractivity contribution in [2.24, 2.45) is 0 Å². The van der Waals surface area contributed by atoms with Crippen LogP contribution in [0.4, 0.5) is 0 Å². The van der Waals surface area contributed by atoms with Crippen LogP contribution in [0, 0.1) is 0 Å². The number of rotatable bonds is 7. The van der Waals surface area contributed by atoms with Crippen LogP contribution in [0.3, 0.4) is 0 Å². The molecular formula is C19H20ClN5O3. The number of benzene rings is 1. The number of methoxy groups -OCH3 is 1. The summed E-state index contributed by atoms with van der Waals surface area (Å²) in [4.78, 5) is 22.4. The van der Waals surface area contributed by atoms with Crippen LogP contribution in [-0.2, 0) is 6.61 Å². The normalized spacial score (nSPS) is 11.7. The van der Waals surface area contributed by atoms with Crippen molar-refractivity contribution in [1.82, 2.24) is 25.1 Å². The lowest BCUT2D eigenvalue weighted by Crippen LogP contribution is -2.30. The summed E-state index contributed by atoms with van der Waals surface area (Å²) in [7, 11) is 3.27. The zero-order valence-corrected chi connectivity index (χ0v) is 16.5. The summed E-state index contributed by atoms with van der Waals surface area (Å²) in [5.41, 5.74) is 1.69. The van der Waals surface area contributed by atoms with Crippen LogP contribution in [-0.4, -0.2) is 45.1 Å². The SMILES string of the molecule is COc1ccc(OCc2cc(C(=O)N(C)[C@H](C)c3ccncn3)n[nH]2)c(Cl)c1. The predicted molar refractivity (Wildman–Crippen MR) is 103 cm³/mol. The van der Waals surface area contributed by atoms with E-state index in [1.165, 1.54) is 6.33 Å². The minimum absolute atomic E-state index is 0.192. The van der Waals surface area contributed by atoms with Gasteiger partial charge in [-0.2, -0.15) is 5.10 Å². The van der Waals surface area contributed by atoms with Crippen molar-refractivity contribution in [3.63, 3.8) is 0 Å². The molecule has 0 radical (unpaired) electrons. The molecule has 1 aromatic carbocycles. The standard InChI is InChI=1S/C19H20ClN5O3/c1-12(16-6-7-21-11-22-16)25(2)19(26)17-8-13(23-24-17)10-28-18-5-4-14(27-3)9-15(18)20/h4-9,11-12H,10H2,1-3H3,(H,23,24)/t12-/m1/s1. The fourth-order valence-corrected chi connectivity index (χ4v) is 2.75. The fourth-order valence-electron chi connectivity index (χ4n) is 2.53. The number of carbonyl (C=O) groups excluding carboxylic acids is 1. The number of halogens is 1. The van der Waals surface area contributed by atoms with Gasteiger partial charge in [-0.05, 0) is 31.2 Å². The summed E-state index contributed by atoms with van der Waals surface area (Å²) in [6.07, 6.45) is 3.10. The van der Waals surface area contributed by atoms with Crippen LogP contribution in [0.5, 0.6) is 11.5 Å². The third kappa shape index (κ3) is 4.40. The average molecular weight is 402 g/mol. The molecule has 0 bridgehead atoms. The maximum absolute atomic E-state index is 12.7. The molecule has 0 unspecified atom stereocenters. The second kappa shape index (κ2) is 8.71. The molecule has 3 aromatic rings. The fraction of sp³-hybridized carbons (Fsp3) is 0.263. The molecule has 146 valence electrons. The number of H-pyrrole nitrogens is 1. The molecule has 0 aliphatic rings. The van der Waals surface area contributed by atoms with E-state index in [1.54, 1.807) is 55.6 Å². The van der Waals surface area contributed by atoms with Gasteiger partial charge < -0.3 is 14.4 Å². The van der Waals surface area contributed by atoms with Crippen molar-refractivity contribution in [1.29, 1.82) is 0 Å². The lowest BCUT2D eigenvalue weighted by molar-refractivity contribution is 0.0733. The Balaban J connectivity index is 1.64. The molecule has 1 N–H and O–H groups in total. The second-order valence-corrected chi connectivity index (χ2v) is 6.50. The van der Waals surface area contributed by atoms with Crippen molar-refractivity contribution in [3.8, 4) is 11.5 Å². The van der Waals surface area contributed by atoms with E-state index < -0.39 is 0 Å². The maximum Gasteiger partial charge on any atom is 0.274 e. The zero-order chi connectivity index (χ0) is 20.1. The van der Waals surface area contributed by atoms with Gasteiger partial charge in [-0.1, -0.05) is 11.6 Å². The van der Waals surface area contributed by atoms with Crippen LogP contribution in [0.1, 0.15) is 34.8 Å². The summed E-state index contributed by atoms with van der Waals surface area (Å²) in [6.45, 7) is 2.08. The number of hydrogen-bond donors (Lipinski definition) is 1. The molecule has 0 aliphatic carbocycles. The molecule has 3 rings (SSSR count). The van der Waals surface area contributed by atoms with Crippen molar-refractivity contribution in [2.45, 2.75) is 19.6 Å². The average Bonchev–Trinajstić information content (AvgIpc) is 3.20. The number of hydrogen-bond acceptors (Lipinski definition) is 6. The second-order valence-electron chi connectivity index (χ2n) is 6.09. The lowest BCUT2D eigenvalue weighted by Gasteiger charge is -2.23. The van der Waals surface area contributed by atoms with Crippen molar-refractivity contribution in [3.05, 3.63) is 65.0 Å². The Morgan fingerprint density at radius 3 is 2.82 bits per heavy atom. The van der Waals surface area contributed by atoms with Gasteiger partial charge in [-0.25, -0.2) is 9.97 Å². The summed E-state index contributed by atoms with van der Waals surface area (Å²) in [5.74, 6) is 0.933. The molecule has 1 atom stereocenters. The summed E-state index contributed by atoms with van der Waals surface area (Å²) in [6, 6.07) is 8.36. The van der Waals surface area contributed by atoms with E-state index in [1.807, 2.05) is 6.92 Å². The molecule has 1 amide bonds. The first-order valence-corrected chi connectivity index (χ1v) is 8.91. The molecule has 28 heavy (non-hydrogen) atoms. The molecule has 0 spiro atoms. The third-order valence-corrected chi connectivity index (χ3v) is 4.60. The van der Waals surface area contributed by atoms with Gasteiger partial charge in [0.1, 0.15) is 24.4 Å². The Labute approximate surface area is 167 Å².